The van der Waals surface area contributed by atoms with E-state index in [1.165, 1.54) is 18.4 Å². The Labute approximate surface area is 175 Å². The maximum Gasteiger partial charge on any atom is 0.220 e. The van der Waals surface area contributed by atoms with Gasteiger partial charge in [0.2, 0.25) is 5.91 Å². The van der Waals surface area contributed by atoms with Gasteiger partial charge in [-0.15, -0.1) is 0 Å². The number of amides is 1. The summed E-state index contributed by atoms with van der Waals surface area (Å²) in [5.41, 5.74) is 3.75. The van der Waals surface area contributed by atoms with Gasteiger partial charge in [-0.3, -0.25) is 9.69 Å². The first-order chi connectivity index (χ1) is 14.2. The fourth-order valence-corrected chi connectivity index (χ4v) is 4.18. The first-order valence-electron chi connectivity index (χ1n) is 10.1. The third kappa shape index (κ3) is 5.34. The molecule has 0 bridgehead atoms. The molecule has 1 N–H and O–H groups in total. The molecule has 2 heterocycles. The quantitative estimate of drug-likeness (QED) is 0.630. The van der Waals surface area contributed by atoms with Crippen LogP contribution in [0.15, 0.2) is 47.1 Å². The van der Waals surface area contributed by atoms with Crippen molar-refractivity contribution in [3.63, 3.8) is 0 Å². The number of aromatic nitrogens is 2. The van der Waals surface area contributed by atoms with Crippen LogP contribution >= 0.6 is 11.6 Å². The van der Waals surface area contributed by atoms with E-state index >= 15 is 0 Å². The molecule has 4 rings (SSSR count). The van der Waals surface area contributed by atoms with Crippen LogP contribution < -0.4 is 5.32 Å². The number of hydrogen-bond donors (Lipinski definition) is 1. The van der Waals surface area contributed by atoms with Crippen molar-refractivity contribution in [2.75, 3.05) is 13.1 Å². The number of nitrogens with one attached hydrogen (secondary N) is 1. The number of likely N-dealkylation sites (tertiary alicyclic amines) is 1. The van der Waals surface area contributed by atoms with Crippen LogP contribution in [0.4, 0.5) is 0 Å². The van der Waals surface area contributed by atoms with Gasteiger partial charge >= 0.3 is 0 Å². The summed E-state index contributed by atoms with van der Waals surface area (Å²) in [5.74, 6) is 0.637. The van der Waals surface area contributed by atoms with Crippen molar-refractivity contribution in [2.24, 2.45) is 5.92 Å². The van der Waals surface area contributed by atoms with E-state index in [1.54, 1.807) is 0 Å². The number of carbonyl (C=O) groups is 1. The molecule has 0 radical (unpaired) electrons. The molecule has 1 atom stereocenters. The number of fused-ring (bicyclic) bond motifs is 1. The molecular weight excluding hydrogens is 388 g/mol. The predicted molar refractivity (Wildman–Crippen MR) is 112 cm³/mol. The average Bonchev–Trinajstić information content (AvgIpc) is 3.20. The van der Waals surface area contributed by atoms with E-state index in [4.69, 9.17) is 16.2 Å². The molecule has 2 aromatic carbocycles. The zero-order valence-corrected chi connectivity index (χ0v) is 17.1. The van der Waals surface area contributed by atoms with Gasteiger partial charge in [-0.25, -0.2) is 4.63 Å². The second-order valence-corrected chi connectivity index (χ2v) is 8.14. The van der Waals surface area contributed by atoms with Gasteiger partial charge in [0, 0.05) is 31.1 Å². The van der Waals surface area contributed by atoms with E-state index in [0.717, 1.165) is 42.7 Å². The molecule has 0 aliphatic carbocycles. The molecule has 3 aromatic rings. The van der Waals surface area contributed by atoms with Crippen LogP contribution in [-0.2, 0) is 17.9 Å². The normalized spacial score (nSPS) is 17.5. The third-order valence-electron chi connectivity index (χ3n) is 5.54. The standard InChI is InChI=1S/C22H25ClN4O2/c23-19-6-2-1-5-18(19)13-24-22(28)10-8-16-4-3-11-27(14-16)15-17-7-9-20-21(12-17)26-29-25-20/h1-2,5-7,9,12,16H,3-4,8,10-11,13-15H2,(H,24,28)/t16-/m1/s1. The summed E-state index contributed by atoms with van der Waals surface area (Å²) in [6.45, 7) is 3.48. The van der Waals surface area contributed by atoms with Crippen molar-refractivity contribution in [3.05, 3.63) is 58.6 Å². The molecule has 1 saturated heterocycles. The third-order valence-corrected chi connectivity index (χ3v) is 5.91. The second kappa shape index (κ2) is 9.37. The Morgan fingerprint density at radius 2 is 2.07 bits per heavy atom. The number of benzene rings is 2. The van der Waals surface area contributed by atoms with Crippen LogP contribution in [0.1, 0.15) is 36.8 Å². The molecule has 0 unspecified atom stereocenters. The van der Waals surface area contributed by atoms with Crippen LogP contribution in [0.25, 0.3) is 11.0 Å². The first-order valence-corrected chi connectivity index (χ1v) is 10.5. The summed E-state index contributed by atoms with van der Waals surface area (Å²) in [5, 5.41) is 11.5. The Balaban J connectivity index is 1.23. The van der Waals surface area contributed by atoms with Gasteiger partial charge < -0.3 is 5.32 Å². The van der Waals surface area contributed by atoms with Crippen molar-refractivity contribution >= 4 is 28.5 Å². The highest BCUT2D eigenvalue weighted by molar-refractivity contribution is 6.31. The molecular formula is C22H25ClN4O2. The van der Waals surface area contributed by atoms with Crippen molar-refractivity contribution in [1.82, 2.24) is 20.5 Å². The number of piperidine rings is 1. The molecule has 152 valence electrons. The van der Waals surface area contributed by atoms with E-state index < -0.39 is 0 Å². The number of nitrogens with zero attached hydrogens (tertiary/aromatic N) is 3. The topological polar surface area (TPSA) is 71.3 Å². The Morgan fingerprint density at radius 1 is 1.21 bits per heavy atom. The van der Waals surface area contributed by atoms with Crippen molar-refractivity contribution < 1.29 is 9.42 Å². The predicted octanol–water partition coefficient (Wildman–Crippen LogP) is 4.18. The maximum absolute atomic E-state index is 12.3. The molecule has 0 spiro atoms. The number of carbonyl (C=O) groups excluding carboxylic acids is 1. The second-order valence-electron chi connectivity index (χ2n) is 7.74. The Kier molecular flexibility index (Phi) is 6.42. The number of halogens is 1. The van der Waals surface area contributed by atoms with Gasteiger partial charge in [-0.1, -0.05) is 35.9 Å². The highest BCUT2D eigenvalue weighted by Crippen LogP contribution is 2.23. The Morgan fingerprint density at radius 3 is 2.97 bits per heavy atom. The lowest BCUT2D eigenvalue weighted by Gasteiger charge is -2.32. The van der Waals surface area contributed by atoms with E-state index in [0.29, 0.717) is 23.9 Å². The summed E-state index contributed by atoms with van der Waals surface area (Å²) < 4.78 is 4.78. The maximum atomic E-state index is 12.3. The smallest absolute Gasteiger partial charge is 0.220 e. The van der Waals surface area contributed by atoms with E-state index in [9.17, 15) is 4.79 Å². The lowest BCUT2D eigenvalue weighted by molar-refractivity contribution is -0.121. The summed E-state index contributed by atoms with van der Waals surface area (Å²) in [4.78, 5) is 14.7. The molecule has 1 aliphatic rings. The largest absolute Gasteiger partial charge is 0.352 e. The van der Waals surface area contributed by atoms with Gasteiger partial charge in [-0.05, 0) is 71.4 Å². The molecule has 1 fully saturated rings. The van der Waals surface area contributed by atoms with Gasteiger partial charge in [0.1, 0.15) is 11.0 Å². The fourth-order valence-electron chi connectivity index (χ4n) is 3.97. The lowest BCUT2D eigenvalue weighted by Crippen LogP contribution is -2.35. The molecule has 1 amide bonds. The SMILES string of the molecule is O=C(CC[C@H]1CCCN(Cc2ccc3nonc3c2)C1)NCc1ccccc1Cl. The van der Waals surface area contributed by atoms with Crippen LogP contribution in [0.5, 0.6) is 0 Å². The van der Waals surface area contributed by atoms with Crippen LogP contribution in [0, 0.1) is 5.92 Å². The lowest BCUT2D eigenvalue weighted by atomic mass is 9.93. The molecule has 1 aliphatic heterocycles. The van der Waals surface area contributed by atoms with Gasteiger partial charge in [0.25, 0.3) is 0 Å². The summed E-state index contributed by atoms with van der Waals surface area (Å²) >= 11 is 6.15. The minimum absolute atomic E-state index is 0.0889. The average molecular weight is 413 g/mol. The summed E-state index contributed by atoms with van der Waals surface area (Å²) in [6, 6.07) is 13.7. The van der Waals surface area contributed by atoms with E-state index in [-0.39, 0.29) is 5.91 Å². The molecule has 0 saturated carbocycles. The monoisotopic (exact) mass is 412 g/mol. The van der Waals surface area contributed by atoms with Gasteiger partial charge in [-0.2, -0.15) is 0 Å². The number of hydrogen-bond acceptors (Lipinski definition) is 5. The first kappa shape index (κ1) is 19.9. The highest BCUT2D eigenvalue weighted by Gasteiger charge is 2.21. The van der Waals surface area contributed by atoms with Crippen LogP contribution in [0.3, 0.4) is 0 Å². The van der Waals surface area contributed by atoms with Crippen molar-refractivity contribution in [2.45, 2.75) is 38.8 Å². The Hall–Kier alpha value is -2.44. The molecule has 7 heteroatoms. The molecule has 1 aromatic heterocycles. The van der Waals surface area contributed by atoms with Crippen LogP contribution in [0.2, 0.25) is 5.02 Å². The molecule has 29 heavy (non-hydrogen) atoms. The minimum Gasteiger partial charge on any atom is -0.352 e. The van der Waals surface area contributed by atoms with E-state index in [2.05, 4.69) is 26.6 Å². The molecule has 6 nitrogen and oxygen atoms in total. The summed E-state index contributed by atoms with van der Waals surface area (Å²) in [7, 11) is 0. The number of rotatable bonds is 7. The van der Waals surface area contributed by atoms with E-state index in [1.807, 2.05) is 36.4 Å². The van der Waals surface area contributed by atoms with Crippen molar-refractivity contribution in [3.8, 4) is 0 Å². The van der Waals surface area contributed by atoms with Crippen molar-refractivity contribution in [1.29, 1.82) is 0 Å². The van der Waals surface area contributed by atoms with Gasteiger partial charge in [0.15, 0.2) is 0 Å². The fraction of sp³-hybridized carbons (Fsp3) is 0.409. The van der Waals surface area contributed by atoms with Crippen LogP contribution in [-0.4, -0.2) is 34.2 Å². The zero-order chi connectivity index (χ0) is 20.1. The van der Waals surface area contributed by atoms with Gasteiger partial charge in [0.05, 0.1) is 0 Å². The highest BCUT2D eigenvalue weighted by atomic mass is 35.5. The minimum atomic E-state index is 0.0889. The Bertz CT molecular complexity index is 974. The zero-order valence-electron chi connectivity index (χ0n) is 16.3. The summed E-state index contributed by atoms with van der Waals surface area (Å²) in [6.07, 6.45) is 3.82.